The molecule has 0 heterocycles. The number of hydrogen-bond acceptors (Lipinski definition) is 5. The molecule has 5 heteroatoms. The van der Waals surface area contributed by atoms with Crippen molar-refractivity contribution in [3.05, 3.63) is 65.8 Å². The van der Waals surface area contributed by atoms with Crippen LogP contribution in [0.2, 0.25) is 0 Å². The standard InChI is InChI=1S/C28H38O5/c1-20(2)33-27(31)28(4,5)17-8-6-7-11-22-13-16-26(30)25(22)15-14-23(29)19-32-24-12-9-10-21(3)18-24/h6-7,9-10,12-13,15-16,18,20,22-23,29H,8,11,14,17,19H2,1-5H3/b7-6-,25-15+. The van der Waals surface area contributed by atoms with E-state index in [9.17, 15) is 14.7 Å². The molecule has 1 aliphatic carbocycles. The van der Waals surface area contributed by atoms with Gasteiger partial charge in [0.2, 0.25) is 0 Å². The van der Waals surface area contributed by atoms with Gasteiger partial charge < -0.3 is 14.6 Å². The highest BCUT2D eigenvalue weighted by Crippen LogP contribution is 2.28. The third kappa shape index (κ3) is 9.01. The predicted octanol–water partition coefficient (Wildman–Crippen LogP) is 5.51. The Morgan fingerprint density at radius 3 is 2.70 bits per heavy atom. The molecular weight excluding hydrogens is 416 g/mol. The number of hydrogen-bond donors (Lipinski definition) is 1. The van der Waals surface area contributed by atoms with Gasteiger partial charge >= 0.3 is 5.97 Å². The van der Waals surface area contributed by atoms with E-state index in [1.54, 1.807) is 6.08 Å². The second-order valence-electron chi connectivity index (χ2n) is 9.59. The normalized spacial score (nSPS) is 18.5. The number of aliphatic hydroxyl groups is 1. The number of benzene rings is 1. The van der Waals surface area contributed by atoms with Crippen LogP contribution in [0.15, 0.2) is 60.2 Å². The van der Waals surface area contributed by atoms with E-state index in [0.29, 0.717) is 19.3 Å². The smallest absolute Gasteiger partial charge is 0.311 e. The van der Waals surface area contributed by atoms with Gasteiger partial charge in [-0.1, -0.05) is 36.4 Å². The Hall–Kier alpha value is -2.66. The van der Waals surface area contributed by atoms with Crippen LogP contribution in [0.25, 0.3) is 0 Å². The minimum absolute atomic E-state index is 0.00207. The molecule has 5 nitrogen and oxygen atoms in total. The molecule has 1 aliphatic rings. The predicted molar refractivity (Wildman–Crippen MR) is 131 cm³/mol. The van der Waals surface area contributed by atoms with Gasteiger partial charge in [0.15, 0.2) is 5.78 Å². The second-order valence-corrected chi connectivity index (χ2v) is 9.59. The van der Waals surface area contributed by atoms with Crippen LogP contribution in [0.1, 0.15) is 58.9 Å². The SMILES string of the molecule is Cc1cccc(OCC(O)C/C=C2/C(=O)C=CC2C/C=C\CCC(C)(C)C(=O)OC(C)C)c1. The highest BCUT2D eigenvalue weighted by Gasteiger charge is 2.29. The fraction of sp³-hybridized carbons (Fsp3) is 0.500. The van der Waals surface area contributed by atoms with Crippen LogP contribution >= 0.6 is 0 Å². The van der Waals surface area contributed by atoms with Gasteiger partial charge in [-0.25, -0.2) is 0 Å². The Balaban J connectivity index is 1.80. The first-order valence-electron chi connectivity index (χ1n) is 11.7. The number of rotatable bonds is 12. The van der Waals surface area contributed by atoms with Crippen LogP contribution in [-0.4, -0.2) is 35.7 Å². The van der Waals surface area contributed by atoms with Crippen molar-refractivity contribution in [1.82, 2.24) is 0 Å². The molecule has 0 saturated heterocycles. The lowest BCUT2D eigenvalue weighted by atomic mass is 9.87. The van der Waals surface area contributed by atoms with Crippen LogP contribution in [0.4, 0.5) is 0 Å². The molecule has 0 bridgehead atoms. The second kappa shape index (κ2) is 12.5. The van der Waals surface area contributed by atoms with E-state index in [4.69, 9.17) is 9.47 Å². The molecule has 1 N–H and O–H groups in total. The summed E-state index contributed by atoms with van der Waals surface area (Å²) in [5.41, 5.74) is 1.29. The fourth-order valence-electron chi connectivity index (χ4n) is 3.55. The van der Waals surface area contributed by atoms with Crippen molar-refractivity contribution in [2.75, 3.05) is 6.61 Å². The Morgan fingerprint density at radius 1 is 1.24 bits per heavy atom. The summed E-state index contributed by atoms with van der Waals surface area (Å²) in [4.78, 5) is 24.4. The van der Waals surface area contributed by atoms with E-state index in [0.717, 1.165) is 23.3 Å². The van der Waals surface area contributed by atoms with Crippen molar-refractivity contribution in [3.63, 3.8) is 0 Å². The molecule has 0 spiro atoms. The third-order valence-electron chi connectivity index (χ3n) is 5.59. The molecule has 2 unspecified atom stereocenters. The average molecular weight is 455 g/mol. The number of carbonyl (C=O) groups excluding carboxylic acids is 2. The van der Waals surface area contributed by atoms with E-state index in [-0.39, 0.29) is 30.4 Å². The highest BCUT2D eigenvalue weighted by molar-refractivity contribution is 6.07. The average Bonchev–Trinajstić information content (AvgIpc) is 3.09. The Kier molecular flexibility index (Phi) is 10.1. The van der Waals surface area contributed by atoms with Crippen molar-refractivity contribution in [2.45, 2.75) is 72.5 Å². The Morgan fingerprint density at radius 2 is 2.00 bits per heavy atom. The van der Waals surface area contributed by atoms with E-state index in [1.807, 2.05) is 71.0 Å². The number of carbonyl (C=O) groups is 2. The first-order valence-corrected chi connectivity index (χ1v) is 11.7. The van der Waals surface area contributed by atoms with Crippen LogP contribution < -0.4 is 4.74 Å². The van der Waals surface area contributed by atoms with Crippen molar-refractivity contribution < 1.29 is 24.2 Å². The number of ether oxygens (including phenoxy) is 2. The van der Waals surface area contributed by atoms with E-state index in [1.165, 1.54) is 0 Å². The van der Waals surface area contributed by atoms with Crippen molar-refractivity contribution in [2.24, 2.45) is 11.3 Å². The monoisotopic (exact) mass is 454 g/mol. The third-order valence-corrected chi connectivity index (χ3v) is 5.59. The molecule has 0 aliphatic heterocycles. The van der Waals surface area contributed by atoms with Crippen LogP contribution in [0.5, 0.6) is 5.75 Å². The van der Waals surface area contributed by atoms with Crippen molar-refractivity contribution in [1.29, 1.82) is 0 Å². The molecule has 0 saturated carbocycles. The Bertz CT molecular complexity index is 891. The van der Waals surface area contributed by atoms with Gasteiger partial charge in [-0.2, -0.15) is 0 Å². The first-order chi connectivity index (χ1) is 15.6. The molecule has 1 aromatic carbocycles. The minimum atomic E-state index is -0.685. The van der Waals surface area contributed by atoms with Gasteiger partial charge in [-0.3, -0.25) is 9.59 Å². The number of ketones is 1. The lowest BCUT2D eigenvalue weighted by Crippen LogP contribution is -2.28. The molecule has 0 amide bonds. The molecule has 2 atom stereocenters. The number of esters is 1. The Labute approximate surface area is 198 Å². The zero-order valence-electron chi connectivity index (χ0n) is 20.5. The van der Waals surface area contributed by atoms with E-state index >= 15 is 0 Å². The maximum absolute atomic E-state index is 12.3. The quantitative estimate of drug-likeness (QED) is 0.256. The zero-order valence-corrected chi connectivity index (χ0v) is 20.5. The molecule has 180 valence electrons. The number of aliphatic hydroxyl groups excluding tert-OH is 1. The van der Waals surface area contributed by atoms with Gasteiger partial charge in [0.25, 0.3) is 0 Å². The van der Waals surface area contributed by atoms with Crippen molar-refractivity contribution in [3.8, 4) is 5.75 Å². The molecule has 33 heavy (non-hydrogen) atoms. The number of aryl methyl sites for hydroxylation is 1. The summed E-state index contributed by atoms with van der Waals surface area (Å²) in [7, 11) is 0. The summed E-state index contributed by atoms with van der Waals surface area (Å²) in [5.74, 6) is 0.560. The molecule has 0 aromatic heterocycles. The summed E-state index contributed by atoms with van der Waals surface area (Å²) >= 11 is 0. The van der Waals surface area contributed by atoms with Gasteiger partial charge in [0.05, 0.1) is 17.6 Å². The summed E-state index contributed by atoms with van der Waals surface area (Å²) in [5, 5.41) is 10.3. The molecule has 1 aromatic rings. The van der Waals surface area contributed by atoms with E-state index < -0.39 is 11.5 Å². The van der Waals surface area contributed by atoms with Crippen molar-refractivity contribution >= 4 is 11.8 Å². The topological polar surface area (TPSA) is 72.8 Å². The largest absolute Gasteiger partial charge is 0.491 e. The minimum Gasteiger partial charge on any atom is -0.491 e. The number of allylic oxidation sites excluding steroid dienone is 5. The van der Waals surface area contributed by atoms with Crippen LogP contribution in [-0.2, 0) is 14.3 Å². The van der Waals surface area contributed by atoms with E-state index in [2.05, 4.69) is 12.2 Å². The summed E-state index contributed by atoms with van der Waals surface area (Å²) < 4.78 is 11.0. The summed E-state index contributed by atoms with van der Waals surface area (Å²) in [6.45, 7) is 9.67. The van der Waals surface area contributed by atoms with Gasteiger partial charge in [0.1, 0.15) is 12.4 Å². The fourth-order valence-corrected chi connectivity index (χ4v) is 3.55. The first kappa shape index (κ1) is 26.6. The molecule has 0 fully saturated rings. The van der Waals surface area contributed by atoms with Gasteiger partial charge in [0, 0.05) is 11.5 Å². The van der Waals surface area contributed by atoms with Crippen LogP contribution in [0.3, 0.4) is 0 Å². The van der Waals surface area contributed by atoms with Gasteiger partial charge in [-0.05, 0) is 84.1 Å². The zero-order chi connectivity index (χ0) is 24.4. The maximum Gasteiger partial charge on any atom is 0.311 e. The lowest BCUT2D eigenvalue weighted by molar-refractivity contribution is -0.158. The maximum atomic E-state index is 12.3. The van der Waals surface area contributed by atoms with Gasteiger partial charge in [-0.15, -0.1) is 0 Å². The summed E-state index contributed by atoms with van der Waals surface area (Å²) in [6, 6.07) is 7.69. The molecular formula is C28H38O5. The molecule has 0 radical (unpaired) electrons. The summed E-state index contributed by atoms with van der Waals surface area (Å²) in [6.07, 6.45) is 11.2. The molecule has 2 rings (SSSR count). The highest BCUT2D eigenvalue weighted by atomic mass is 16.5. The van der Waals surface area contributed by atoms with Crippen LogP contribution in [0, 0.1) is 18.3 Å². The lowest BCUT2D eigenvalue weighted by Gasteiger charge is -2.23.